The minimum absolute atomic E-state index is 0.332. The van der Waals surface area contributed by atoms with E-state index in [1.807, 2.05) is 12.1 Å². The van der Waals surface area contributed by atoms with Crippen LogP contribution in [-0.4, -0.2) is 52.6 Å². The van der Waals surface area contributed by atoms with E-state index >= 15 is 0 Å². The van der Waals surface area contributed by atoms with Crippen LogP contribution in [0.3, 0.4) is 0 Å². The highest BCUT2D eigenvalue weighted by Crippen LogP contribution is 2.28. The normalized spacial score (nSPS) is 16.0. The molecule has 0 bridgehead atoms. The van der Waals surface area contributed by atoms with E-state index in [1.54, 1.807) is 17.1 Å². The second-order valence-electron chi connectivity index (χ2n) is 7.03. The van der Waals surface area contributed by atoms with Crippen molar-refractivity contribution in [2.45, 2.75) is 45.3 Å². The van der Waals surface area contributed by atoms with Gasteiger partial charge in [0.25, 0.3) is 0 Å². The number of aromatic nitrogens is 6. The fraction of sp³-hybridized carbons (Fsp3) is 0.474. The van der Waals surface area contributed by atoms with Gasteiger partial charge < -0.3 is 9.67 Å². The van der Waals surface area contributed by atoms with Gasteiger partial charge in [0.15, 0.2) is 5.82 Å². The average Bonchev–Trinajstić information content (AvgIpc) is 3.32. The van der Waals surface area contributed by atoms with Gasteiger partial charge in [-0.2, -0.15) is 5.10 Å². The summed E-state index contributed by atoms with van der Waals surface area (Å²) in [5.41, 5.74) is 1.15. The van der Waals surface area contributed by atoms with Crippen LogP contribution in [-0.2, 0) is 19.6 Å². The molecule has 0 radical (unpaired) electrons. The lowest BCUT2D eigenvalue weighted by atomic mass is 9.95. The second-order valence-corrected chi connectivity index (χ2v) is 7.03. The monoisotopic (exact) mass is 367 g/mol. The van der Waals surface area contributed by atoms with Crippen molar-refractivity contribution in [2.24, 2.45) is 0 Å². The van der Waals surface area contributed by atoms with Crippen LogP contribution in [0.1, 0.15) is 42.9 Å². The Hall–Kier alpha value is -2.74. The summed E-state index contributed by atoms with van der Waals surface area (Å²) in [5, 5.41) is 22.7. The van der Waals surface area contributed by atoms with Gasteiger partial charge in [0.1, 0.15) is 30.8 Å². The van der Waals surface area contributed by atoms with Gasteiger partial charge in [0, 0.05) is 19.0 Å². The number of nitrogens with zero attached hydrogens (tertiary/aromatic N) is 7. The maximum Gasteiger partial charge on any atom is 0.154 e. The van der Waals surface area contributed by atoms with Crippen molar-refractivity contribution in [3.63, 3.8) is 0 Å². The van der Waals surface area contributed by atoms with Crippen LogP contribution >= 0.6 is 0 Å². The summed E-state index contributed by atoms with van der Waals surface area (Å²) >= 11 is 0. The lowest BCUT2D eigenvalue weighted by Crippen LogP contribution is -2.33. The molecule has 1 aliphatic heterocycles. The molecule has 0 saturated carbocycles. The fourth-order valence-corrected chi connectivity index (χ4v) is 3.83. The van der Waals surface area contributed by atoms with Gasteiger partial charge in [-0.15, -0.1) is 10.2 Å². The van der Waals surface area contributed by atoms with Crippen molar-refractivity contribution in [1.29, 1.82) is 0 Å². The van der Waals surface area contributed by atoms with Crippen molar-refractivity contribution in [2.75, 3.05) is 13.1 Å². The lowest BCUT2D eigenvalue weighted by molar-refractivity contribution is 0.200. The zero-order chi connectivity index (χ0) is 18.6. The van der Waals surface area contributed by atoms with Crippen LogP contribution in [0.2, 0.25) is 0 Å². The van der Waals surface area contributed by atoms with E-state index in [1.165, 1.54) is 6.33 Å². The van der Waals surface area contributed by atoms with Crippen molar-refractivity contribution >= 4 is 0 Å². The van der Waals surface area contributed by atoms with Gasteiger partial charge in [0.2, 0.25) is 0 Å². The molecule has 1 fully saturated rings. The first-order chi connectivity index (χ1) is 13.2. The van der Waals surface area contributed by atoms with Gasteiger partial charge in [-0.3, -0.25) is 4.90 Å². The smallest absolute Gasteiger partial charge is 0.154 e. The summed E-state index contributed by atoms with van der Waals surface area (Å²) in [6, 6.07) is 7.52. The highest BCUT2D eigenvalue weighted by molar-refractivity contribution is 5.27. The van der Waals surface area contributed by atoms with Gasteiger partial charge in [-0.25, -0.2) is 9.67 Å². The Balaban J connectivity index is 1.40. The van der Waals surface area contributed by atoms with Crippen LogP contribution in [0.5, 0.6) is 5.75 Å². The maximum atomic E-state index is 9.64. The SMILES string of the molecule is CCn1c(Cn2cncn2)nnc1C1CCN(Cc2cccc(O)c2)CC1. The molecular formula is C19H25N7O. The van der Waals surface area contributed by atoms with E-state index in [0.717, 1.165) is 56.2 Å². The second kappa shape index (κ2) is 7.87. The Bertz CT molecular complexity index is 866. The van der Waals surface area contributed by atoms with Crippen LogP contribution < -0.4 is 0 Å². The summed E-state index contributed by atoms with van der Waals surface area (Å²) < 4.78 is 4.00. The fourth-order valence-electron chi connectivity index (χ4n) is 3.83. The number of rotatable bonds is 6. The summed E-state index contributed by atoms with van der Waals surface area (Å²) in [4.78, 5) is 6.43. The third-order valence-corrected chi connectivity index (χ3v) is 5.21. The maximum absolute atomic E-state index is 9.64. The Morgan fingerprint density at radius 1 is 1.15 bits per heavy atom. The Morgan fingerprint density at radius 3 is 2.70 bits per heavy atom. The standard InChI is InChI=1S/C19H25N7O/c1-2-26-18(12-25-14-20-13-21-25)22-23-19(26)16-6-8-24(9-7-16)11-15-4-3-5-17(27)10-15/h3-5,10,13-14,16,27H,2,6-9,11-12H2,1H3. The number of benzene rings is 1. The van der Waals surface area contributed by atoms with Crippen molar-refractivity contribution in [3.8, 4) is 5.75 Å². The number of aromatic hydroxyl groups is 1. The molecule has 27 heavy (non-hydrogen) atoms. The number of phenolic OH excluding ortho intramolecular Hbond substituents is 1. The Morgan fingerprint density at radius 2 is 2.00 bits per heavy atom. The molecule has 2 aromatic heterocycles. The molecule has 1 saturated heterocycles. The molecule has 1 aliphatic rings. The predicted molar refractivity (Wildman–Crippen MR) is 100 cm³/mol. The van der Waals surface area contributed by atoms with Gasteiger partial charge in [-0.1, -0.05) is 12.1 Å². The molecule has 142 valence electrons. The number of hydrogen-bond donors (Lipinski definition) is 1. The summed E-state index contributed by atoms with van der Waals surface area (Å²) in [5.74, 6) is 2.78. The number of hydrogen-bond acceptors (Lipinski definition) is 6. The molecule has 0 aliphatic carbocycles. The molecule has 1 N–H and O–H groups in total. The van der Waals surface area contributed by atoms with E-state index < -0.39 is 0 Å². The first-order valence-electron chi connectivity index (χ1n) is 9.47. The van der Waals surface area contributed by atoms with Crippen molar-refractivity contribution < 1.29 is 5.11 Å². The van der Waals surface area contributed by atoms with E-state index in [0.29, 0.717) is 18.2 Å². The largest absolute Gasteiger partial charge is 0.508 e. The van der Waals surface area contributed by atoms with Crippen LogP contribution in [0.25, 0.3) is 0 Å². The Labute approximate surface area is 158 Å². The van der Waals surface area contributed by atoms with Gasteiger partial charge in [0.05, 0.1) is 0 Å². The summed E-state index contributed by atoms with van der Waals surface area (Å²) in [6.07, 6.45) is 5.38. The zero-order valence-corrected chi connectivity index (χ0v) is 15.6. The first-order valence-corrected chi connectivity index (χ1v) is 9.47. The average molecular weight is 367 g/mol. The van der Waals surface area contributed by atoms with E-state index in [9.17, 15) is 5.11 Å². The molecule has 0 atom stereocenters. The third kappa shape index (κ3) is 4.00. The van der Waals surface area contributed by atoms with E-state index in [4.69, 9.17) is 0 Å². The van der Waals surface area contributed by atoms with E-state index in [-0.39, 0.29) is 0 Å². The first kappa shape index (κ1) is 17.7. The molecule has 8 heteroatoms. The minimum Gasteiger partial charge on any atom is -0.508 e. The highest BCUT2D eigenvalue weighted by Gasteiger charge is 2.26. The van der Waals surface area contributed by atoms with Gasteiger partial charge in [-0.05, 0) is 50.6 Å². The molecule has 0 unspecified atom stereocenters. The lowest BCUT2D eigenvalue weighted by Gasteiger charge is -2.31. The Kier molecular flexibility index (Phi) is 5.15. The van der Waals surface area contributed by atoms with Crippen LogP contribution in [0, 0.1) is 0 Å². The topological polar surface area (TPSA) is 84.9 Å². The van der Waals surface area contributed by atoms with Crippen molar-refractivity contribution in [3.05, 3.63) is 54.1 Å². The summed E-state index contributed by atoms with van der Waals surface area (Å²) in [6.45, 7) is 6.51. The van der Waals surface area contributed by atoms with Crippen LogP contribution in [0.15, 0.2) is 36.9 Å². The highest BCUT2D eigenvalue weighted by atomic mass is 16.3. The third-order valence-electron chi connectivity index (χ3n) is 5.21. The minimum atomic E-state index is 0.332. The predicted octanol–water partition coefficient (Wildman–Crippen LogP) is 2.02. The molecule has 3 aromatic rings. The molecule has 0 spiro atoms. The van der Waals surface area contributed by atoms with E-state index in [2.05, 4.69) is 42.7 Å². The molecule has 3 heterocycles. The number of phenols is 1. The van der Waals surface area contributed by atoms with Gasteiger partial charge >= 0.3 is 0 Å². The number of likely N-dealkylation sites (tertiary alicyclic amines) is 1. The number of piperidine rings is 1. The molecule has 4 rings (SSSR count). The van der Waals surface area contributed by atoms with Crippen molar-refractivity contribution in [1.82, 2.24) is 34.4 Å². The quantitative estimate of drug-likeness (QED) is 0.717. The molecule has 8 nitrogen and oxygen atoms in total. The molecule has 1 aromatic carbocycles. The molecule has 0 amide bonds. The molecular weight excluding hydrogens is 342 g/mol. The zero-order valence-electron chi connectivity index (χ0n) is 15.6. The summed E-state index contributed by atoms with van der Waals surface area (Å²) in [7, 11) is 0. The van der Waals surface area contributed by atoms with Crippen LogP contribution in [0.4, 0.5) is 0 Å².